The van der Waals surface area contributed by atoms with Crippen molar-refractivity contribution in [2.45, 2.75) is 0 Å². The van der Waals surface area contributed by atoms with Gasteiger partial charge in [0, 0.05) is 39.8 Å². The molecule has 2 N–H and O–H groups in total. The molecule has 1 radical (unpaired) electrons. The van der Waals surface area contributed by atoms with Crippen LogP contribution in [0.1, 0.15) is 0 Å². The Morgan fingerprint density at radius 1 is 1.62 bits per heavy atom. The number of nitrogens with zero attached hydrogens (tertiary/aromatic N) is 2. The smallest absolute Gasteiger partial charge is 0.0661 e. The van der Waals surface area contributed by atoms with Crippen LogP contribution in [0.5, 0.6) is 0 Å². The Balaban J connectivity index is 0.000000845. The molecule has 0 aromatic carbocycles. The molecule has 6 heteroatoms. The summed E-state index contributed by atoms with van der Waals surface area (Å²) in [4.78, 5) is 7.91. The van der Waals surface area contributed by atoms with E-state index in [0.717, 1.165) is 16.1 Å². The Hall–Kier alpha value is -0.256. The topological polar surface area (TPSA) is 56.8 Å². The molecule has 0 bridgehead atoms. The standard InChI is InChI=1S/C7H6N4S.Y/c1-8-7-11-6(4-12-7)5-2-9-10-3-5;/h2H,1H3,(H,8,11)(H,9,10);/q-2;. The molecule has 0 aliphatic rings. The summed E-state index contributed by atoms with van der Waals surface area (Å²) in [6.45, 7) is 0. The van der Waals surface area contributed by atoms with E-state index in [9.17, 15) is 0 Å². The van der Waals surface area contributed by atoms with Crippen molar-refractivity contribution < 1.29 is 32.7 Å². The molecule has 0 atom stereocenters. The molecule has 0 aliphatic carbocycles. The first-order valence-electron chi connectivity index (χ1n) is 3.35. The SMILES string of the molecule is CN=c1[nH]c(-c2[c-][nH]nc2)[c-]s1.[Y]. The number of aromatic nitrogens is 3. The van der Waals surface area contributed by atoms with Gasteiger partial charge in [0.2, 0.25) is 0 Å². The first-order chi connectivity index (χ1) is 5.90. The van der Waals surface area contributed by atoms with E-state index >= 15 is 0 Å². The Morgan fingerprint density at radius 3 is 3.00 bits per heavy atom. The number of thiazole rings is 1. The van der Waals surface area contributed by atoms with Gasteiger partial charge in [-0.05, 0) is 0 Å². The number of hydrogen-bond donors (Lipinski definition) is 2. The van der Waals surface area contributed by atoms with Gasteiger partial charge in [0.1, 0.15) is 0 Å². The zero-order chi connectivity index (χ0) is 8.39. The van der Waals surface area contributed by atoms with Crippen molar-refractivity contribution in [2.75, 3.05) is 7.05 Å². The van der Waals surface area contributed by atoms with Crippen molar-refractivity contribution >= 4 is 11.3 Å². The fourth-order valence-corrected chi connectivity index (χ4v) is 1.43. The van der Waals surface area contributed by atoms with Crippen LogP contribution >= 0.6 is 11.3 Å². The minimum absolute atomic E-state index is 0. The third-order valence-electron chi connectivity index (χ3n) is 1.40. The van der Waals surface area contributed by atoms with E-state index in [1.807, 2.05) is 0 Å². The first kappa shape index (κ1) is 10.8. The molecular weight excluding hydrogens is 261 g/mol. The quantitative estimate of drug-likeness (QED) is 0.730. The van der Waals surface area contributed by atoms with Crippen molar-refractivity contribution in [3.05, 3.63) is 22.6 Å². The van der Waals surface area contributed by atoms with E-state index in [-0.39, 0.29) is 32.7 Å². The summed E-state index contributed by atoms with van der Waals surface area (Å²) in [5.74, 6) is 0. The minimum atomic E-state index is 0. The number of rotatable bonds is 1. The molecule has 2 aromatic heterocycles. The second kappa shape index (κ2) is 4.84. The van der Waals surface area contributed by atoms with Crippen LogP contribution in [0.3, 0.4) is 0 Å². The fraction of sp³-hybridized carbons (Fsp3) is 0.143. The van der Waals surface area contributed by atoms with Crippen molar-refractivity contribution in [3.63, 3.8) is 0 Å². The molecule has 2 rings (SSSR count). The van der Waals surface area contributed by atoms with Gasteiger partial charge in [-0.2, -0.15) is 11.1 Å². The minimum Gasteiger partial charge on any atom is -0.459 e. The van der Waals surface area contributed by atoms with Crippen LogP contribution in [0.2, 0.25) is 0 Å². The summed E-state index contributed by atoms with van der Waals surface area (Å²) < 4.78 is 0. The molecule has 0 unspecified atom stereocenters. The largest absolute Gasteiger partial charge is 0.459 e. The van der Waals surface area contributed by atoms with Crippen molar-refractivity contribution in [1.82, 2.24) is 15.2 Å². The van der Waals surface area contributed by atoms with Gasteiger partial charge in [0.05, 0.1) is 4.80 Å². The number of hydrogen-bond acceptors (Lipinski definition) is 3. The van der Waals surface area contributed by atoms with E-state index in [2.05, 4.69) is 31.8 Å². The van der Waals surface area contributed by atoms with E-state index in [0.29, 0.717) is 0 Å². The normalized spacial score (nSPS) is 11.3. The van der Waals surface area contributed by atoms with Gasteiger partial charge < -0.3 is 15.1 Å². The molecule has 0 saturated heterocycles. The van der Waals surface area contributed by atoms with Gasteiger partial charge in [-0.15, -0.1) is 12.4 Å². The molecule has 2 heterocycles. The Kier molecular flexibility index (Phi) is 4.03. The van der Waals surface area contributed by atoms with Gasteiger partial charge in [-0.3, -0.25) is 16.4 Å². The molecule has 13 heavy (non-hydrogen) atoms. The van der Waals surface area contributed by atoms with Crippen LogP contribution in [0.15, 0.2) is 11.2 Å². The van der Waals surface area contributed by atoms with E-state index in [1.165, 1.54) is 11.3 Å². The maximum atomic E-state index is 3.99. The van der Waals surface area contributed by atoms with E-state index < -0.39 is 0 Å². The Bertz CT molecular complexity index is 414. The van der Waals surface area contributed by atoms with Crippen LogP contribution in [-0.4, -0.2) is 22.2 Å². The summed E-state index contributed by atoms with van der Waals surface area (Å²) in [5, 5.41) is 9.46. The van der Waals surface area contributed by atoms with Crippen LogP contribution in [0, 0.1) is 11.6 Å². The Labute approximate surface area is 104 Å². The average Bonchev–Trinajstić information content (AvgIpc) is 2.75. The van der Waals surface area contributed by atoms with Gasteiger partial charge in [-0.25, -0.2) is 5.56 Å². The third-order valence-corrected chi connectivity index (χ3v) is 2.19. The fourth-order valence-electron chi connectivity index (χ4n) is 0.830. The van der Waals surface area contributed by atoms with Crippen molar-refractivity contribution in [1.29, 1.82) is 0 Å². The Morgan fingerprint density at radius 2 is 2.46 bits per heavy atom. The average molecular weight is 267 g/mol. The predicted molar refractivity (Wildman–Crippen MR) is 45.4 cm³/mol. The zero-order valence-electron chi connectivity index (χ0n) is 6.96. The van der Waals surface area contributed by atoms with Gasteiger partial charge >= 0.3 is 0 Å². The monoisotopic (exact) mass is 267 g/mol. The van der Waals surface area contributed by atoms with Gasteiger partial charge in [0.15, 0.2) is 0 Å². The molecule has 0 fully saturated rings. The summed E-state index contributed by atoms with van der Waals surface area (Å²) in [5.41, 5.74) is 1.75. The van der Waals surface area contributed by atoms with Crippen LogP contribution < -0.4 is 4.80 Å². The van der Waals surface area contributed by atoms with Crippen molar-refractivity contribution in [3.8, 4) is 11.3 Å². The maximum Gasteiger partial charge on any atom is 0.0661 e. The second-order valence-electron chi connectivity index (χ2n) is 2.14. The van der Waals surface area contributed by atoms with Gasteiger partial charge in [-0.1, -0.05) is 0 Å². The van der Waals surface area contributed by atoms with Crippen LogP contribution in [0.4, 0.5) is 0 Å². The maximum absolute atomic E-state index is 3.99. The third kappa shape index (κ3) is 2.36. The molecule has 2 aromatic rings. The summed E-state index contributed by atoms with van der Waals surface area (Å²) in [6.07, 6.45) is 4.55. The second-order valence-corrected chi connectivity index (χ2v) is 2.94. The molecule has 0 spiro atoms. The van der Waals surface area contributed by atoms with Gasteiger partial charge in [0.25, 0.3) is 0 Å². The van der Waals surface area contributed by atoms with E-state index in [4.69, 9.17) is 0 Å². The molecular formula is C7H6N4SY-2. The van der Waals surface area contributed by atoms with Crippen LogP contribution in [0.25, 0.3) is 11.3 Å². The van der Waals surface area contributed by atoms with Crippen LogP contribution in [-0.2, 0) is 32.7 Å². The summed E-state index contributed by atoms with van der Waals surface area (Å²) in [7, 11) is 1.74. The number of H-pyrrole nitrogens is 2. The molecule has 4 nitrogen and oxygen atoms in total. The molecule has 65 valence electrons. The molecule has 0 amide bonds. The van der Waals surface area contributed by atoms with Crippen molar-refractivity contribution in [2.24, 2.45) is 4.99 Å². The number of nitrogens with one attached hydrogen (secondary N) is 2. The first-order valence-corrected chi connectivity index (χ1v) is 4.17. The zero-order valence-corrected chi connectivity index (χ0v) is 10.6. The summed E-state index contributed by atoms with van der Waals surface area (Å²) >= 11 is 1.44. The molecule has 0 saturated carbocycles. The van der Waals surface area contributed by atoms with E-state index in [1.54, 1.807) is 13.2 Å². The molecule has 0 aliphatic heterocycles. The predicted octanol–water partition coefficient (Wildman–Crippen LogP) is 0.595. The summed E-state index contributed by atoms with van der Waals surface area (Å²) in [6, 6.07) is 0. The number of aromatic amines is 2.